The maximum absolute atomic E-state index is 5.44. The number of nitrogens with one attached hydrogen (secondary N) is 1. The molecule has 0 saturated heterocycles. The van der Waals surface area contributed by atoms with Crippen LogP contribution in [0.25, 0.3) is 11.3 Å². The number of benzene rings is 1. The van der Waals surface area contributed by atoms with Crippen molar-refractivity contribution in [1.29, 1.82) is 0 Å². The summed E-state index contributed by atoms with van der Waals surface area (Å²) in [6.45, 7) is 4.71. The SMILES string of the molecule is CCOc1ccc(-c2cc(NC)nc(CC)n2)cc1. The molecular weight excluding hydrogens is 238 g/mol. The zero-order chi connectivity index (χ0) is 13.7. The first-order valence-corrected chi connectivity index (χ1v) is 6.55. The standard InChI is InChI=1S/C15H19N3O/c1-4-14-17-13(10-15(16-3)18-14)11-6-8-12(9-7-11)19-5-2/h6-10H,4-5H2,1-3H3,(H,16,17,18). The predicted molar refractivity (Wildman–Crippen MR) is 77.6 cm³/mol. The fraction of sp³-hybridized carbons (Fsp3) is 0.333. The number of hydrogen-bond acceptors (Lipinski definition) is 4. The molecule has 2 rings (SSSR count). The molecule has 4 heteroatoms. The van der Waals surface area contributed by atoms with Crippen molar-refractivity contribution >= 4 is 5.82 Å². The van der Waals surface area contributed by atoms with Gasteiger partial charge in [0, 0.05) is 25.1 Å². The van der Waals surface area contributed by atoms with Gasteiger partial charge >= 0.3 is 0 Å². The fourth-order valence-electron chi connectivity index (χ4n) is 1.82. The summed E-state index contributed by atoms with van der Waals surface area (Å²) in [7, 11) is 1.86. The lowest BCUT2D eigenvalue weighted by Crippen LogP contribution is -2.00. The highest BCUT2D eigenvalue weighted by molar-refractivity contribution is 5.63. The quantitative estimate of drug-likeness (QED) is 0.893. The van der Waals surface area contributed by atoms with Gasteiger partial charge in [0.25, 0.3) is 0 Å². The van der Waals surface area contributed by atoms with Gasteiger partial charge in [-0.25, -0.2) is 9.97 Å². The predicted octanol–water partition coefficient (Wildman–Crippen LogP) is 3.15. The molecule has 0 spiro atoms. The Labute approximate surface area is 113 Å². The number of hydrogen-bond donors (Lipinski definition) is 1. The minimum Gasteiger partial charge on any atom is -0.494 e. The average Bonchev–Trinajstić information content (AvgIpc) is 2.47. The van der Waals surface area contributed by atoms with Crippen molar-refractivity contribution in [3.63, 3.8) is 0 Å². The van der Waals surface area contributed by atoms with Crippen LogP contribution in [0, 0.1) is 0 Å². The van der Waals surface area contributed by atoms with E-state index in [4.69, 9.17) is 4.74 Å². The molecule has 0 atom stereocenters. The largest absolute Gasteiger partial charge is 0.494 e. The van der Waals surface area contributed by atoms with Gasteiger partial charge in [0.15, 0.2) is 0 Å². The molecule has 0 unspecified atom stereocenters. The smallest absolute Gasteiger partial charge is 0.131 e. The third-order valence-corrected chi connectivity index (χ3v) is 2.81. The van der Waals surface area contributed by atoms with Crippen molar-refractivity contribution in [3.05, 3.63) is 36.2 Å². The van der Waals surface area contributed by atoms with Gasteiger partial charge in [-0.1, -0.05) is 6.92 Å². The van der Waals surface area contributed by atoms with Crippen LogP contribution < -0.4 is 10.1 Å². The maximum atomic E-state index is 5.44. The molecule has 100 valence electrons. The highest BCUT2D eigenvalue weighted by Gasteiger charge is 2.05. The molecule has 0 radical (unpaired) electrons. The molecule has 2 aromatic rings. The van der Waals surface area contributed by atoms with E-state index in [9.17, 15) is 0 Å². The summed E-state index contributed by atoms with van der Waals surface area (Å²) in [6, 6.07) is 9.92. The van der Waals surface area contributed by atoms with Crippen LogP contribution in [-0.4, -0.2) is 23.6 Å². The van der Waals surface area contributed by atoms with Gasteiger partial charge in [-0.3, -0.25) is 0 Å². The molecule has 4 nitrogen and oxygen atoms in total. The molecule has 0 amide bonds. The highest BCUT2D eigenvalue weighted by Crippen LogP contribution is 2.22. The van der Waals surface area contributed by atoms with E-state index < -0.39 is 0 Å². The second kappa shape index (κ2) is 6.18. The summed E-state index contributed by atoms with van der Waals surface area (Å²) in [5.74, 6) is 2.57. The van der Waals surface area contributed by atoms with Crippen LogP contribution in [0.1, 0.15) is 19.7 Å². The van der Waals surface area contributed by atoms with E-state index in [2.05, 4.69) is 22.2 Å². The number of aryl methyl sites for hydroxylation is 1. The Morgan fingerprint density at radius 2 is 1.84 bits per heavy atom. The normalized spacial score (nSPS) is 10.3. The summed E-state index contributed by atoms with van der Waals surface area (Å²) in [6.07, 6.45) is 0.819. The lowest BCUT2D eigenvalue weighted by atomic mass is 10.1. The molecule has 1 aromatic carbocycles. The Hall–Kier alpha value is -2.10. The van der Waals surface area contributed by atoms with E-state index >= 15 is 0 Å². The number of aromatic nitrogens is 2. The third kappa shape index (κ3) is 3.22. The molecule has 0 aliphatic rings. The van der Waals surface area contributed by atoms with Crippen LogP contribution in [0.2, 0.25) is 0 Å². The topological polar surface area (TPSA) is 47.0 Å². The van der Waals surface area contributed by atoms with Gasteiger partial charge in [-0.15, -0.1) is 0 Å². The number of ether oxygens (including phenoxy) is 1. The second-order valence-electron chi connectivity index (χ2n) is 4.12. The summed E-state index contributed by atoms with van der Waals surface area (Å²) in [5, 5.41) is 3.07. The molecule has 0 saturated carbocycles. The monoisotopic (exact) mass is 257 g/mol. The van der Waals surface area contributed by atoms with E-state index in [1.54, 1.807) is 0 Å². The van der Waals surface area contributed by atoms with Crippen LogP contribution in [0.5, 0.6) is 5.75 Å². The molecule has 0 aliphatic carbocycles. The van der Waals surface area contributed by atoms with Gasteiger partial charge in [-0.2, -0.15) is 0 Å². The van der Waals surface area contributed by atoms with Crippen molar-refractivity contribution in [2.45, 2.75) is 20.3 Å². The van der Waals surface area contributed by atoms with Crippen molar-refractivity contribution in [3.8, 4) is 17.0 Å². The fourth-order valence-corrected chi connectivity index (χ4v) is 1.82. The average molecular weight is 257 g/mol. The lowest BCUT2D eigenvalue weighted by Gasteiger charge is -2.08. The molecule has 0 aliphatic heterocycles. The van der Waals surface area contributed by atoms with Crippen molar-refractivity contribution in [2.24, 2.45) is 0 Å². The Morgan fingerprint density at radius 1 is 1.11 bits per heavy atom. The van der Waals surface area contributed by atoms with E-state index in [1.165, 1.54) is 0 Å². The third-order valence-electron chi connectivity index (χ3n) is 2.81. The minimum atomic E-state index is 0.677. The summed E-state index contributed by atoms with van der Waals surface area (Å²) >= 11 is 0. The first kappa shape index (κ1) is 13.3. The Bertz CT molecular complexity index is 515. The van der Waals surface area contributed by atoms with Gasteiger partial charge in [0.05, 0.1) is 12.3 Å². The summed E-state index contributed by atoms with van der Waals surface area (Å²) < 4.78 is 5.44. The van der Waals surface area contributed by atoms with E-state index in [0.717, 1.165) is 35.1 Å². The molecule has 0 fully saturated rings. The molecule has 19 heavy (non-hydrogen) atoms. The number of anilines is 1. The molecular formula is C15H19N3O. The van der Waals surface area contributed by atoms with E-state index in [0.29, 0.717) is 6.61 Å². The highest BCUT2D eigenvalue weighted by atomic mass is 16.5. The van der Waals surface area contributed by atoms with E-state index in [1.807, 2.05) is 44.3 Å². The van der Waals surface area contributed by atoms with Gasteiger partial charge < -0.3 is 10.1 Å². The van der Waals surface area contributed by atoms with Crippen molar-refractivity contribution in [2.75, 3.05) is 19.0 Å². The van der Waals surface area contributed by atoms with Crippen LogP contribution in [-0.2, 0) is 6.42 Å². The number of rotatable bonds is 5. The van der Waals surface area contributed by atoms with Crippen LogP contribution >= 0.6 is 0 Å². The molecule has 1 heterocycles. The molecule has 1 N–H and O–H groups in total. The molecule has 1 aromatic heterocycles. The first-order chi connectivity index (χ1) is 9.26. The molecule has 0 bridgehead atoms. The Kier molecular flexibility index (Phi) is 4.34. The Balaban J connectivity index is 2.34. The minimum absolute atomic E-state index is 0.677. The lowest BCUT2D eigenvalue weighted by molar-refractivity contribution is 0.340. The van der Waals surface area contributed by atoms with Gasteiger partial charge in [0.2, 0.25) is 0 Å². The zero-order valence-electron chi connectivity index (χ0n) is 11.6. The van der Waals surface area contributed by atoms with Crippen molar-refractivity contribution in [1.82, 2.24) is 9.97 Å². The first-order valence-electron chi connectivity index (χ1n) is 6.55. The van der Waals surface area contributed by atoms with Crippen LogP contribution in [0.15, 0.2) is 30.3 Å². The van der Waals surface area contributed by atoms with Crippen LogP contribution in [0.4, 0.5) is 5.82 Å². The van der Waals surface area contributed by atoms with Crippen LogP contribution in [0.3, 0.4) is 0 Å². The summed E-state index contributed by atoms with van der Waals surface area (Å²) in [4.78, 5) is 8.95. The zero-order valence-corrected chi connectivity index (χ0v) is 11.6. The van der Waals surface area contributed by atoms with Gasteiger partial charge in [-0.05, 0) is 31.2 Å². The maximum Gasteiger partial charge on any atom is 0.131 e. The van der Waals surface area contributed by atoms with E-state index in [-0.39, 0.29) is 0 Å². The van der Waals surface area contributed by atoms with Gasteiger partial charge in [0.1, 0.15) is 17.4 Å². The van der Waals surface area contributed by atoms with Crippen molar-refractivity contribution < 1.29 is 4.74 Å². The summed E-state index contributed by atoms with van der Waals surface area (Å²) in [5.41, 5.74) is 2.00. The number of nitrogens with zero attached hydrogens (tertiary/aromatic N) is 2. The Morgan fingerprint density at radius 3 is 2.42 bits per heavy atom. The second-order valence-corrected chi connectivity index (χ2v) is 4.12.